The van der Waals surface area contributed by atoms with Crippen LogP contribution in [-0.2, 0) is 4.74 Å². The highest BCUT2D eigenvalue weighted by atomic mass is 19.1. The van der Waals surface area contributed by atoms with Crippen molar-refractivity contribution in [2.24, 2.45) is 0 Å². The third-order valence-electron chi connectivity index (χ3n) is 2.93. The fourth-order valence-corrected chi connectivity index (χ4v) is 2.44. The van der Waals surface area contributed by atoms with Crippen molar-refractivity contribution in [1.29, 1.82) is 0 Å². The van der Waals surface area contributed by atoms with Crippen molar-refractivity contribution in [1.82, 2.24) is 9.97 Å². The zero-order chi connectivity index (χ0) is 14.0. The first-order chi connectivity index (χ1) is 8.91. The quantitative estimate of drug-likeness (QED) is 0.909. The molecule has 0 saturated carbocycles. The average molecular weight is 268 g/mol. The summed E-state index contributed by atoms with van der Waals surface area (Å²) in [5.41, 5.74) is -0.312. The number of nitrogens with zero attached hydrogens (tertiary/aromatic N) is 3. The normalized spacial score (nSPS) is 22.4. The SMILES string of the molecule is CCNc1ncc(F)c(N2CC(C)OC(C)(C)C2)n1. The van der Waals surface area contributed by atoms with E-state index in [-0.39, 0.29) is 11.7 Å². The summed E-state index contributed by atoms with van der Waals surface area (Å²) in [7, 11) is 0. The van der Waals surface area contributed by atoms with Crippen LogP contribution in [0.4, 0.5) is 16.2 Å². The van der Waals surface area contributed by atoms with Gasteiger partial charge in [-0.3, -0.25) is 0 Å². The van der Waals surface area contributed by atoms with Gasteiger partial charge in [-0.15, -0.1) is 0 Å². The van der Waals surface area contributed by atoms with Crippen LogP contribution in [0.2, 0.25) is 0 Å². The molecule has 1 saturated heterocycles. The van der Waals surface area contributed by atoms with Crippen molar-refractivity contribution in [3.8, 4) is 0 Å². The van der Waals surface area contributed by atoms with Gasteiger partial charge in [0.05, 0.1) is 17.9 Å². The highest BCUT2D eigenvalue weighted by Gasteiger charge is 2.33. The molecular weight excluding hydrogens is 247 g/mol. The van der Waals surface area contributed by atoms with E-state index >= 15 is 0 Å². The molecule has 0 amide bonds. The van der Waals surface area contributed by atoms with Crippen LogP contribution >= 0.6 is 0 Å². The molecule has 1 aromatic heterocycles. The molecule has 0 radical (unpaired) electrons. The number of anilines is 2. The van der Waals surface area contributed by atoms with Gasteiger partial charge < -0.3 is 15.0 Å². The van der Waals surface area contributed by atoms with E-state index in [2.05, 4.69) is 15.3 Å². The van der Waals surface area contributed by atoms with Gasteiger partial charge in [-0.05, 0) is 27.7 Å². The molecule has 1 fully saturated rings. The third-order valence-corrected chi connectivity index (χ3v) is 2.93. The van der Waals surface area contributed by atoms with E-state index in [1.807, 2.05) is 32.6 Å². The largest absolute Gasteiger partial charge is 0.369 e. The molecule has 1 N–H and O–H groups in total. The second-order valence-corrected chi connectivity index (χ2v) is 5.46. The lowest BCUT2D eigenvalue weighted by atomic mass is 10.1. The van der Waals surface area contributed by atoms with E-state index in [1.54, 1.807) is 0 Å². The second-order valence-electron chi connectivity index (χ2n) is 5.46. The number of rotatable bonds is 3. The average Bonchev–Trinajstić information content (AvgIpc) is 2.29. The Morgan fingerprint density at radius 3 is 2.95 bits per heavy atom. The molecule has 0 aromatic carbocycles. The first-order valence-electron chi connectivity index (χ1n) is 6.60. The summed E-state index contributed by atoms with van der Waals surface area (Å²) in [6, 6.07) is 0. The maximum atomic E-state index is 13.9. The number of halogens is 1. The van der Waals surface area contributed by atoms with Gasteiger partial charge in [0.15, 0.2) is 11.6 Å². The van der Waals surface area contributed by atoms with Crippen molar-refractivity contribution >= 4 is 11.8 Å². The fraction of sp³-hybridized carbons (Fsp3) is 0.692. The molecule has 1 aliphatic heterocycles. The second kappa shape index (κ2) is 5.28. The monoisotopic (exact) mass is 268 g/mol. The van der Waals surface area contributed by atoms with Gasteiger partial charge in [-0.25, -0.2) is 9.37 Å². The van der Waals surface area contributed by atoms with Crippen molar-refractivity contribution in [2.45, 2.75) is 39.4 Å². The minimum atomic E-state index is -0.397. The van der Waals surface area contributed by atoms with Crippen molar-refractivity contribution in [3.05, 3.63) is 12.0 Å². The Labute approximate surface area is 113 Å². The summed E-state index contributed by atoms with van der Waals surface area (Å²) in [5, 5.41) is 3.00. The molecule has 1 aromatic rings. The van der Waals surface area contributed by atoms with Crippen LogP contribution in [-0.4, -0.2) is 41.3 Å². The van der Waals surface area contributed by atoms with E-state index < -0.39 is 5.82 Å². The Morgan fingerprint density at radius 1 is 1.58 bits per heavy atom. The molecule has 0 bridgehead atoms. The minimum Gasteiger partial charge on any atom is -0.369 e. The summed E-state index contributed by atoms with van der Waals surface area (Å²) >= 11 is 0. The number of ether oxygens (including phenoxy) is 1. The zero-order valence-electron chi connectivity index (χ0n) is 11.9. The van der Waals surface area contributed by atoms with Crippen LogP contribution in [0.15, 0.2) is 6.20 Å². The minimum absolute atomic E-state index is 0.0423. The molecule has 0 aliphatic carbocycles. The molecule has 106 valence electrons. The maximum absolute atomic E-state index is 13.9. The number of hydrogen-bond donors (Lipinski definition) is 1. The highest BCUT2D eigenvalue weighted by molar-refractivity contribution is 5.45. The maximum Gasteiger partial charge on any atom is 0.224 e. The van der Waals surface area contributed by atoms with Crippen molar-refractivity contribution in [2.75, 3.05) is 29.9 Å². The summed E-state index contributed by atoms with van der Waals surface area (Å²) in [4.78, 5) is 10.1. The van der Waals surface area contributed by atoms with Crippen LogP contribution in [0.5, 0.6) is 0 Å². The zero-order valence-corrected chi connectivity index (χ0v) is 11.9. The van der Waals surface area contributed by atoms with Crippen molar-refractivity contribution < 1.29 is 9.13 Å². The smallest absolute Gasteiger partial charge is 0.224 e. The van der Waals surface area contributed by atoms with E-state index in [4.69, 9.17) is 4.74 Å². The molecule has 1 atom stereocenters. The Morgan fingerprint density at radius 2 is 2.32 bits per heavy atom. The van der Waals surface area contributed by atoms with Gasteiger partial charge in [0.1, 0.15) is 0 Å². The third kappa shape index (κ3) is 3.32. The predicted molar refractivity (Wildman–Crippen MR) is 73.0 cm³/mol. The Balaban J connectivity index is 2.27. The molecule has 0 spiro atoms. The van der Waals surface area contributed by atoms with Gasteiger partial charge in [0, 0.05) is 19.6 Å². The van der Waals surface area contributed by atoms with Crippen LogP contribution in [0, 0.1) is 5.82 Å². The lowest BCUT2D eigenvalue weighted by Crippen LogP contribution is -2.52. The van der Waals surface area contributed by atoms with Gasteiger partial charge in [0.25, 0.3) is 0 Å². The van der Waals surface area contributed by atoms with Crippen LogP contribution < -0.4 is 10.2 Å². The lowest BCUT2D eigenvalue weighted by Gasteiger charge is -2.42. The number of nitrogens with one attached hydrogen (secondary N) is 1. The van der Waals surface area contributed by atoms with Crippen LogP contribution in [0.25, 0.3) is 0 Å². The topological polar surface area (TPSA) is 50.3 Å². The number of morpholine rings is 1. The summed E-state index contributed by atoms with van der Waals surface area (Å²) in [5.74, 6) is 0.400. The lowest BCUT2D eigenvalue weighted by molar-refractivity contribution is -0.0753. The van der Waals surface area contributed by atoms with Crippen LogP contribution in [0.1, 0.15) is 27.7 Å². The molecule has 2 rings (SSSR count). The Bertz CT molecular complexity index is 452. The van der Waals surface area contributed by atoms with Crippen molar-refractivity contribution in [3.63, 3.8) is 0 Å². The van der Waals surface area contributed by atoms with Gasteiger partial charge in [-0.2, -0.15) is 4.98 Å². The summed E-state index contributed by atoms with van der Waals surface area (Å²) < 4.78 is 19.8. The number of hydrogen-bond acceptors (Lipinski definition) is 5. The van der Waals surface area contributed by atoms with Gasteiger partial charge in [-0.1, -0.05) is 0 Å². The van der Waals surface area contributed by atoms with E-state index in [9.17, 15) is 4.39 Å². The molecule has 1 aliphatic rings. The summed E-state index contributed by atoms with van der Waals surface area (Å²) in [6.45, 7) is 9.88. The van der Waals surface area contributed by atoms with E-state index in [0.717, 1.165) is 0 Å². The fourth-order valence-electron chi connectivity index (χ4n) is 2.44. The highest BCUT2D eigenvalue weighted by Crippen LogP contribution is 2.26. The molecule has 1 unspecified atom stereocenters. The summed E-state index contributed by atoms with van der Waals surface area (Å²) in [6.07, 6.45) is 1.26. The van der Waals surface area contributed by atoms with Gasteiger partial charge in [0.2, 0.25) is 5.95 Å². The predicted octanol–water partition coefficient (Wildman–Crippen LogP) is 2.05. The molecule has 5 nitrogen and oxygen atoms in total. The molecule has 6 heteroatoms. The number of aromatic nitrogens is 2. The van der Waals surface area contributed by atoms with E-state index in [1.165, 1.54) is 6.20 Å². The van der Waals surface area contributed by atoms with Gasteiger partial charge >= 0.3 is 0 Å². The Kier molecular flexibility index (Phi) is 3.89. The van der Waals surface area contributed by atoms with E-state index in [0.29, 0.717) is 31.4 Å². The molecular formula is C13H21FN4O. The first-order valence-corrected chi connectivity index (χ1v) is 6.60. The van der Waals surface area contributed by atoms with Crippen LogP contribution in [0.3, 0.4) is 0 Å². The standard InChI is InChI=1S/C13H21FN4O/c1-5-15-12-16-6-10(14)11(17-12)18-7-9(2)19-13(3,4)8-18/h6,9H,5,7-8H2,1-4H3,(H,15,16,17). The first kappa shape index (κ1) is 14.0. The Hall–Kier alpha value is -1.43. The molecule has 2 heterocycles. The molecule has 19 heavy (non-hydrogen) atoms.